The molecule has 2 unspecified atom stereocenters. The Balaban J connectivity index is 2.14. The van der Waals surface area contributed by atoms with E-state index in [1.165, 1.54) is 18.2 Å². The number of nitro groups is 1. The Morgan fingerprint density at radius 1 is 1.54 bits per heavy atom. The molecule has 0 amide bonds. The third-order valence-corrected chi connectivity index (χ3v) is 4.18. The van der Waals surface area contributed by atoms with E-state index in [1.807, 2.05) is 6.92 Å². The minimum Gasteiger partial charge on any atom is -0.490 e. The summed E-state index contributed by atoms with van der Waals surface area (Å²) in [4.78, 5) is 14.4. The first kappa shape index (κ1) is 16.6. The highest BCUT2D eigenvalue weighted by molar-refractivity contribution is 6.31. The second-order valence-corrected chi connectivity index (χ2v) is 6.09. The van der Waals surface area contributed by atoms with Crippen molar-refractivity contribution in [2.24, 2.45) is 0 Å². The van der Waals surface area contributed by atoms with E-state index in [2.05, 4.69) is 4.98 Å². The number of aliphatic hydroxyl groups is 1. The summed E-state index contributed by atoms with van der Waals surface area (Å²) >= 11 is 5.83. The molecule has 24 heavy (non-hydrogen) atoms. The molecule has 2 atom stereocenters. The van der Waals surface area contributed by atoms with Gasteiger partial charge < -0.3 is 9.84 Å². The lowest BCUT2D eigenvalue weighted by Crippen LogP contribution is -2.14. The molecule has 0 radical (unpaired) electrons. The van der Waals surface area contributed by atoms with E-state index in [1.54, 1.807) is 6.07 Å². The van der Waals surface area contributed by atoms with E-state index in [0.717, 1.165) is 5.56 Å². The average Bonchev–Trinajstić information content (AvgIpc) is 2.90. The molecule has 1 aliphatic heterocycles. The van der Waals surface area contributed by atoms with Crippen LogP contribution >= 0.6 is 11.6 Å². The Morgan fingerprint density at radius 3 is 2.96 bits per heavy atom. The molecule has 0 saturated carbocycles. The van der Waals surface area contributed by atoms with Crippen molar-refractivity contribution in [3.63, 3.8) is 0 Å². The van der Waals surface area contributed by atoms with Crippen LogP contribution in [0, 0.1) is 15.9 Å². The van der Waals surface area contributed by atoms with Crippen LogP contribution in [0.3, 0.4) is 0 Å². The molecule has 1 aromatic heterocycles. The van der Waals surface area contributed by atoms with Gasteiger partial charge in [-0.25, -0.2) is 9.37 Å². The topological polar surface area (TPSA) is 85.5 Å². The van der Waals surface area contributed by atoms with Gasteiger partial charge in [0, 0.05) is 22.0 Å². The van der Waals surface area contributed by atoms with Crippen molar-refractivity contribution in [1.82, 2.24) is 4.98 Å². The van der Waals surface area contributed by atoms with E-state index in [0.29, 0.717) is 23.6 Å². The normalized spacial score (nSPS) is 17.2. The zero-order valence-corrected chi connectivity index (χ0v) is 13.5. The van der Waals surface area contributed by atoms with Crippen molar-refractivity contribution in [3.8, 4) is 17.0 Å². The molecule has 0 bridgehead atoms. The fourth-order valence-electron chi connectivity index (χ4n) is 2.63. The molecule has 0 spiro atoms. The first-order valence-corrected chi connectivity index (χ1v) is 7.67. The average molecular weight is 353 g/mol. The molecule has 2 aromatic rings. The lowest BCUT2D eigenvalue weighted by molar-refractivity contribution is -0.491. The zero-order valence-electron chi connectivity index (χ0n) is 12.7. The molecule has 0 saturated heterocycles. The van der Waals surface area contributed by atoms with Crippen LogP contribution in [0.2, 0.25) is 5.02 Å². The minimum absolute atomic E-state index is 0.0548. The third-order valence-electron chi connectivity index (χ3n) is 3.89. The van der Waals surface area contributed by atoms with Crippen molar-refractivity contribution in [1.29, 1.82) is 0 Å². The number of pyridine rings is 1. The number of rotatable bonds is 4. The van der Waals surface area contributed by atoms with Crippen LogP contribution in [0.25, 0.3) is 11.3 Å². The quantitative estimate of drug-likeness (QED) is 0.673. The molecule has 8 heteroatoms. The maximum Gasteiger partial charge on any atom is 0.235 e. The van der Waals surface area contributed by atoms with Gasteiger partial charge in [-0.2, -0.15) is 0 Å². The maximum atomic E-state index is 13.4. The van der Waals surface area contributed by atoms with Gasteiger partial charge in [-0.1, -0.05) is 18.5 Å². The van der Waals surface area contributed by atoms with Gasteiger partial charge in [0.05, 0.1) is 17.3 Å². The van der Waals surface area contributed by atoms with Crippen molar-refractivity contribution in [2.45, 2.75) is 18.9 Å². The number of ether oxygens (including phenoxy) is 1. The molecular formula is C16H14ClFN2O4. The molecule has 1 aromatic carbocycles. The van der Waals surface area contributed by atoms with Gasteiger partial charge in [0.2, 0.25) is 6.54 Å². The molecule has 126 valence electrons. The van der Waals surface area contributed by atoms with E-state index in [-0.39, 0.29) is 16.6 Å². The lowest BCUT2D eigenvalue weighted by atomic mass is 9.99. The number of fused-ring (bicyclic) bond motifs is 1. The predicted molar refractivity (Wildman–Crippen MR) is 85.4 cm³/mol. The summed E-state index contributed by atoms with van der Waals surface area (Å²) in [6.45, 7) is 1.73. The van der Waals surface area contributed by atoms with Gasteiger partial charge >= 0.3 is 0 Å². The molecule has 0 fully saturated rings. The molecule has 3 rings (SSSR count). The SMILES string of the molecule is CC1COc2c1cc(C(O)C[N+](=O)[O-])nc2-c1ccc(F)c(Cl)c1. The number of halogens is 2. The summed E-state index contributed by atoms with van der Waals surface area (Å²) in [6.07, 6.45) is -1.34. The summed E-state index contributed by atoms with van der Waals surface area (Å²) in [7, 11) is 0. The van der Waals surface area contributed by atoms with Gasteiger partial charge in [0.1, 0.15) is 17.3 Å². The van der Waals surface area contributed by atoms with Crippen molar-refractivity contribution in [2.75, 3.05) is 13.2 Å². The number of aromatic nitrogens is 1. The number of hydrogen-bond donors (Lipinski definition) is 1. The highest BCUT2D eigenvalue weighted by Gasteiger charge is 2.28. The molecule has 1 N–H and O–H groups in total. The lowest BCUT2D eigenvalue weighted by Gasteiger charge is -2.13. The first-order valence-electron chi connectivity index (χ1n) is 7.29. The van der Waals surface area contributed by atoms with Gasteiger partial charge in [-0.05, 0) is 24.3 Å². The fraction of sp³-hybridized carbons (Fsp3) is 0.312. The van der Waals surface area contributed by atoms with Crippen LogP contribution in [0.1, 0.15) is 30.2 Å². The van der Waals surface area contributed by atoms with Crippen molar-refractivity contribution in [3.05, 3.63) is 56.5 Å². The number of benzene rings is 1. The summed E-state index contributed by atoms with van der Waals surface area (Å²) in [5.74, 6) is 0.0253. The van der Waals surface area contributed by atoms with Gasteiger partial charge in [-0.3, -0.25) is 10.1 Å². The Morgan fingerprint density at radius 2 is 2.29 bits per heavy atom. The largest absolute Gasteiger partial charge is 0.490 e. The van der Waals surface area contributed by atoms with Crippen LogP contribution in [0.15, 0.2) is 24.3 Å². The van der Waals surface area contributed by atoms with Gasteiger partial charge in [0.25, 0.3) is 0 Å². The summed E-state index contributed by atoms with van der Waals surface area (Å²) in [6, 6.07) is 5.75. The standard InChI is InChI=1S/C16H14ClFN2O4/c1-8-7-24-16-10(8)5-13(14(21)6-20(22)23)19-15(16)9-2-3-12(18)11(17)4-9/h2-5,8,14,21H,6-7H2,1H3. The molecule has 6 nitrogen and oxygen atoms in total. The van der Waals surface area contributed by atoms with Gasteiger partial charge in [-0.15, -0.1) is 0 Å². The fourth-order valence-corrected chi connectivity index (χ4v) is 2.81. The summed E-state index contributed by atoms with van der Waals surface area (Å²) in [5, 5.41) is 20.6. The van der Waals surface area contributed by atoms with E-state index in [9.17, 15) is 19.6 Å². The van der Waals surface area contributed by atoms with E-state index >= 15 is 0 Å². The minimum atomic E-state index is -1.34. The second kappa shape index (κ2) is 6.33. The Hall–Kier alpha value is -2.25. The predicted octanol–water partition coefficient (Wildman–Crippen LogP) is 3.35. The van der Waals surface area contributed by atoms with Crippen LogP contribution in [0.5, 0.6) is 5.75 Å². The molecule has 1 aliphatic rings. The Bertz CT molecular complexity index is 815. The number of hydrogen-bond acceptors (Lipinski definition) is 5. The maximum absolute atomic E-state index is 13.4. The zero-order chi connectivity index (χ0) is 17.4. The summed E-state index contributed by atoms with van der Waals surface area (Å²) in [5.41, 5.74) is 1.88. The first-order chi connectivity index (χ1) is 11.4. The molecule has 0 aliphatic carbocycles. The highest BCUT2D eigenvalue weighted by atomic mass is 35.5. The Labute approximate surface area is 142 Å². The van der Waals surface area contributed by atoms with Crippen LogP contribution in [0.4, 0.5) is 4.39 Å². The van der Waals surface area contributed by atoms with E-state index < -0.39 is 23.4 Å². The summed E-state index contributed by atoms with van der Waals surface area (Å²) < 4.78 is 19.1. The Kier molecular flexibility index (Phi) is 4.38. The second-order valence-electron chi connectivity index (χ2n) is 5.69. The van der Waals surface area contributed by atoms with Crippen molar-refractivity contribution < 1.29 is 19.2 Å². The monoisotopic (exact) mass is 352 g/mol. The van der Waals surface area contributed by atoms with E-state index in [4.69, 9.17) is 16.3 Å². The van der Waals surface area contributed by atoms with Gasteiger partial charge in [0.15, 0.2) is 6.10 Å². The third kappa shape index (κ3) is 3.05. The van der Waals surface area contributed by atoms with Crippen molar-refractivity contribution >= 4 is 11.6 Å². The van der Waals surface area contributed by atoms with Crippen LogP contribution < -0.4 is 4.74 Å². The smallest absolute Gasteiger partial charge is 0.235 e. The molecule has 2 heterocycles. The van der Waals surface area contributed by atoms with Crippen LogP contribution in [-0.4, -0.2) is 28.2 Å². The highest BCUT2D eigenvalue weighted by Crippen LogP contribution is 2.42. The number of nitrogens with zero attached hydrogens (tertiary/aromatic N) is 2. The molecular weight excluding hydrogens is 339 g/mol. The van der Waals surface area contributed by atoms with Crippen LogP contribution in [-0.2, 0) is 0 Å². The number of aliphatic hydroxyl groups excluding tert-OH is 1.